The van der Waals surface area contributed by atoms with Gasteiger partial charge in [-0.15, -0.1) is 16.4 Å². The molecule has 0 aliphatic rings. The van der Waals surface area contributed by atoms with Gasteiger partial charge in [0.15, 0.2) is 10.8 Å². The summed E-state index contributed by atoms with van der Waals surface area (Å²) in [7, 11) is -3.72. The molecule has 2 aromatic heterocycles. The fourth-order valence-electron chi connectivity index (χ4n) is 3.39. The molecule has 0 saturated carbocycles. The number of benzene rings is 2. The first-order valence-electron chi connectivity index (χ1n) is 10.1. The largest absolute Gasteiger partial charge is 0.296 e. The molecule has 0 radical (unpaired) electrons. The zero-order valence-corrected chi connectivity index (χ0v) is 19.7. The van der Waals surface area contributed by atoms with Gasteiger partial charge in [0.2, 0.25) is 10.0 Å². The van der Waals surface area contributed by atoms with Crippen LogP contribution in [0.3, 0.4) is 0 Å². The monoisotopic (exact) mass is 482 g/mol. The number of para-hydroxylation sites is 1. The van der Waals surface area contributed by atoms with Crippen molar-refractivity contribution in [3.8, 4) is 5.69 Å². The summed E-state index contributed by atoms with van der Waals surface area (Å²) in [5, 5.41) is 16.6. The third-order valence-electron chi connectivity index (χ3n) is 5.11. The van der Waals surface area contributed by atoms with E-state index < -0.39 is 10.0 Å². The number of anilines is 1. The Morgan fingerprint density at radius 3 is 2.58 bits per heavy atom. The summed E-state index contributed by atoms with van der Waals surface area (Å²) >= 11 is 1.33. The number of nitrogens with one attached hydrogen (secondary N) is 1. The molecule has 2 heterocycles. The van der Waals surface area contributed by atoms with E-state index in [0.717, 1.165) is 28.1 Å². The highest BCUT2D eigenvalue weighted by Crippen LogP contribution is 2.23. The lowest BCUT2D eigenvalue weighted by Crippen LogP contribution is -2.14. The molecule has 0 unspecified atom stereocenters. The molecule has 9 nitrogen and oxygen atoms in total. The molecule has 0 aliphatic heterocycles. The number of hydrogen-bond acceptors (Lipinski definition) is 7. The number of aromatic nitrogens is 4. The molecule has 33 heavy (non-hydrogen) atoms. The fraction of sp³-hybridized carbons (Fsp3) is 0.182. The number of thiazole rings is 1. The Balaban J connectivity index is 1.47. The van der Waals surface area contributed by atoms with Gasteiger partial charge >= 0.3 is 0 Å². The minimum absolute atomic E-state index is 0.0634. The minimum atomic E-state index is -3.72. The predicted octanol–water partition coefficient (Wildman–Crippen LogP) is 3.09. The van der Waals surface area contributed by atoms with Crippen molar-refractivity contribution in [3.63, 3.8) is 0 Å². The van der Waals surface area contributed by atoms with Crippen LogP contribution in [0.25, 0.3) is 5.69 Å². The van der Waals surface area contributed by atoms with Crippen molar-refractivity contribution >= 4 is 32.4 Å². The lowest BCUT2D eigenvalue weighted by Gasteiger charge is -2.08. The smallest absolute Gasteiger partial charge is 0.279 e. The molecule has 4 rings (SSSR count). The van der Waals surface area contributed by atoms with Gasteiger partial charge in [-0.05, 0) is 42.7 Å². The normalized spacial score (nSPS) is 11.5. The van der Waals surface area contributed by atoms with E-state index in [0.29, 0.717) is 17.2 Å². The molecule has 3 N–H and O–H groups in total. The van der Waals surface area contributed by atoms with Crippen molar-refractivity contribution in [2.45, 2.75) is 31.6 Å². The molecule has 0 bridgehead atoms. The van der Waals surface area contributed by atoms with Crippen molar-refractivity contribution in [1.82, 2.24) is 20.0 Å². The van der Waals surface area contributed by atoms with E-state index in [4.69, 9.17) is 5.14 Å². The van der Waals surface area contributed by atoms with Crippen LogP contribution in [0.15, 0.2) is 59.6 Å². The first-order valence-corrected chi connectivity index (χ1v) is 12.5. The van der Waals surface area contributed by atoms with E-state index in [9.17, 15) is 13.2 Å². The van der Waals surface area contributed by atoms with Crippen LogP contribution >= 0.6 is 11.3 Å². The number of aryl methyl sites for hydroxylation is 1. The molecule has 0 aliphatic carbocycles. The SMILES string of the molecule is CCc1ccccc1-n1nnc(C(=O)Nc2ncc(Cc3ccc(S(N)(=O)=O)cc3)s2)c1C. The van der Waals surface area contributed by atoms with Crippen LogP contribution in [0.2, 0.25) is 0 Å². The van der Waals surface area contributed by atoms with Gasteiger partial charge in [-0.2, -0.15) is 0 Å². The highest BCUT2D eigenvalue weighted by Gasteiger charge is 2.19. The van der Waals surface area contributed by atoms with Gasteiger partial charge < -0.3 is 0 Å². The van der Waals surface area contributed by atoms with E-state index in [1.165, 1.54) is 23.5 Å². The number of rotatable bonds is 7. The van der Waals surface area contributed by atoms with Gasteiger partial charge in [0, 0.05) is 17.5 Å². The zero-order chi connectivity index (χ0) is 23.6. The van der Waals surface area contributed by atoms with E-state index in [1.54, 1.807) is 29.9 Å². The topological polar surface area (TPSA) is 133 Å². The second kappa shape index (κ2) is 9.22. The summed E-state index contributed by atoms with van der Waals surface area (Å²) in [5.41, 5.74) is 3.78. The Bertz CT molecular complexity index is 1410. The standard InChI is InChI=1S/C22H22N6O3S2/c1-3-16-6-4-5-7-19(16)28-14(2)20(26-27-28)21(29)25-22-24-13-17(32-22)12-15-8-10-18(11-9-15)33(23,30)31/h4-11,13H,3,12H2,1-2H3,(H2,23,30,31)(H,24,25,29). The maximum absolute atomic E-state index is 12.8. The number of amides is 1. The van der Waals surface area contributed by atoms with Gasteiger partial charge in [0.1, 0.15) is 0 Å². The molecule has 0 fully saturated rings. The van der Waals surface area contributed by atoms with Gasteiger partial charge in [0.25, 0.3) is 5.91 Å². The molecule has 0 spiro atoms. The molecule has 11 heteroatoms. The number of nitrogens with two attached hydrogens (primary N) is 1. The third-order valence-corrected chi connectivity index (χ3v) is 6.96. The average Bonchev–Trinajstić information content (AvgIpc) is 3.39. The number of carbonyl (C=O) groups excluding carboxylic acids is 1. The number of carbonyl (C=O) groups is 1. The van der Waals surface area contributed by atoms with Crippen LogP contribution in [-0.2, 0) is 22.9 Å². The molecule has 0 atom stereocenters. The van der Waals surface area contributed by atoms with Crippen molar-refractivity contribution in [2.75, 3.05) is 5.32 Å². The lowest BCUT2D eigenvalue weighted by molar-refractivity contribution is 0.102. The second-order valence-electron chi connectivity index (χ2n) is 7.37. The van der Waals surface area contributed by atoms with Crippen molar-refractivity contribution in [2.24, 2.45) is 5.14 Å². The first kappa shape index (κ1) is 22.8. The van der Waals surface area contributed by atoms with E-state index in [-0.39, 0.29) is 16.5 Å². The Morgan fingerprint density at radius 1 is 1.15 bits per heavy atom. The third kappa shape index (κ3) is 5.00. The van der Waals surface area contributed by atoms with Gasteiger partial charge in [-0.3, -0.25) is 10.1 Å². The zero-order valence-electron chi connectivity index (χ0n) is 18.0. The number of hydrogen-bond donors (Lipinski definition) is 2. The number of primary sulfonamides is 1. The highest BCUT2D eigenvalue weighted by atomic mass is 32.2. The molecular weight excluding hydrogens is 460 g/mol. The van der Waals surface area contributed by atoms with Crippen LogP contribution in [-0.4, -0.2) is 34.3 Å². The van der Waals surface area contributed by atoms with Crippen molar-refractivity contribution in [3.05, 3.63) is 82.1 Å². The van der Waals surface area contributed by atoms with Crippen LogP contribution in [0.1, 0.15) is 39.1 Å². The van der Waals surface area contributed by atoms with E-state index >= 15 is 0 Å². The summed E-state index contributed by atoms with van der Waals surface area (Å²) in [6, 6.07) is 14.2. The maximum atomic E-state index is 12.8. The fourth-order valence-corrected chi connectivity index (χ4v) is 4.74. The highest BCUT2D eigenvalue weighted by molar-refractivity contribution is 7.89. The summed E-state index contributed by atoms with van der Waals surface area (Å²) in [4.78, 5) is 18.0. The molecule has 2 aromatic carbocycles. The van der Waals surface area contributed by atoms with Crippen molar-refractivity contribution in [1.29, 1.82) is 0 Å². The Hall–Kier alpha value is -3.41. The van der Waals surface area contributed by atoms with Gasteiger partial charge in [-0.25, -0.2) is 23.2 Å². The van der Waals surface area contributed by atoms with E-state index in [1.807, 2.05) is 24.3 Å². The lowest BCUT2D eigenvalue weighted by atomic mass is 10.1. The molecule has 170 valence electrons. The molecule has 4 aromatic rings. The van der Waals surface area contributed by atoms with Crippen molar-refractivity contribution < 1.29 is 13.2 Å². The summed E-state index contributed by atoms with van der Waals surface area (Å²) in [5.74, 6) is -0.383. The number of sulfonamides is 1. The predicted molar refractivity (Wildman–Crippen MR) is 126 cm³/mol. The van der Waals surface area contributed by atoms with Gasteiger partial charge in [0.05, 0.1) is 16.3 Å². The molecule has 1 amide bonds. The number of nitrogens with zero attached hydrogens (tertiary/aromatic N) is 4. The maximum Gasteiger partial charge on any atom is 0.279 e. The molecule has 0 saturated heterocycles. The first-order chi connectivity index (χ1) is 15.8. The second-order valence-corrected chi connectivity index (χ2v) is 10.0. The average molecular weight is 483 g/mol. The Morgan fingerprint density at radius 2 is 1.88 bits per heavy atom. The van der Waals surface area contributed by atoms with Crippen LogP contribution in [0, 0.1) is 6.92 Å². The van der Waals surface area contributed by atoms with Crippen LogP contribution < -0.4 is 10.5 Å². The van der Waals surface area contributed by atoms with Gasteiger partial charge in [-0.1, -0.05) is 42.5 Å². The Labute approximate surface area is 195 Å². The minimum Gasteiger partial charge on any atom is -0.296 e. The van der Waals surface area contributed by atoms with Crippen LogP contribution in [0.4, 0.5) is 5.13 Å². The Kier molecular flexibility index (Phi) is 6.36. The molecular formula is C22H22N6O3S2. The van der Waals surface area contributed by atoms with Crippen LogP contribution in [0.5, 0.6) is 0 Å². The summed E-state index contributed by atoms with van der Waals surface area (Å²) in [6.07, 6.45) is 3.06. The quantitative estimate of drug-likeness (QED) is 0.416. The summed E-state index contributed by atoms with van der Waals surface area (Å²) < 4.78 is 24.4. The summed E-state index contributed by atoms with van der Waals surface area (Å²) in [6.45, 7) is 3.87. The van der Waals surface area contributed by atoms with E-state index in [2.05, 4.69) is 27.5 Å².